The van der Waals surface area contributed by atoms with Gasteiger partial charge in [-0.3, -0.25) is 9.69 Å². The molecule has 1 saturated heterocycles. The zero-order valence-corrected chi connectivity index (χ0v) is 13.9. The Morgan fingerprint density at radius 1 is 1.21 bits per heavy atom. The molecule has 0 aromatic heterocycles. The first kappa shape index (κ1) is 18.7. The van der Waals surface area contributed by atoms with Crippen LogP contribution in [0.3, 0.4) is 0 Å². The summed E-state index contributed by atoms with van der Waals surface area (Å²) < 4.78 is 43.0. The van der Waals surface area contributed by atoms with Crippen molar-refractivity contribution in [3.8, 4) is 0 Å². The Hall–Kier alpha value is -1.60. The molecular weight excluding hydrogens is 321 g/mol. The number of carbonyl (C=O) groups excluding carboxylic acids is 1. The van der Waals surface area contributed by atoms with Crippen molar-refractivity contribution >= 4 is 5.91 Å². The molecule has 1 aromatic carbocycles. The van der Waals surface area contributed by atoms with Crippen LogP contribution in [0, 0.1) is 5.92 Å². The quantitative estimate of drug-likeness (QED) is 0.893. The number of hydrogen-bond donors (Lipinski definition) is 1. The molecular formula is C17H23F3N2O2. The van der Waals surface area contributed by atoms with Gasteiger partial charge in [0.05, 0.1) is 18.8 Å². The van der Waals surface area contributed by atoms with Gasteiger partial charge in [-0.2, -0.15) is 13.2 Å². The van der Waals surface area contributed by atoms with E-state index in [2.05, 4.69) is 24.1 Å². The van der Waals surface area contributed by atoms with Gasteiger partial charge < -0.3 is 10.1 Å². The molecule has 2 rings (SSSR count). The molecule has 1 aliphatic heterocycles. The first-order valence-corrected chi connectivity index (χ1v) is 8.06. The van der Waals surface area contributed by atoms with Crippen LogP contribution in [0.2, 0.25) is 0 Å². The summed E-state index contributed by atoms with van der Waals surface area (Å²) in [4.78, 5) is 14.5. The summed E-state index contributed by atoms with van der Waals surface area (Å²) in [5.74, 6) is -0.0151. The fourth-order valence-electron chi connectivity index (χ4n) is 2.81. The van der Waals surface area contributed by atoms with Crippen molar-refractivity contribution in [2.45, 2.75) is 26.1 Å². The summed E-state index contributed by atoms with van der Waals surface area (Å²) in [6.45, 7) is 7.62. The minimum Gasteiger partial charge on any atom is -0.379 e. The number of amides is 1. The number of rotatable bonds is 5. The van der Waals surface area contributed by atoms with Gasteiger partial charge in [0.1, 0.15) is 0 Å². The number of hydrogen-bond acceptors (Lipinski definition) is 3. The molecule has 134 valence electrons. The maximum absolute atomic E-state index is 12.6. The van der Waals surface area contributed by atoms with E-state index >= 15 is 0 Å². The number of halogens is 3. The highest BCUT2D eigenvalue weighted by Gasteiger charge is 2.30. The molecule has 7 heteroatoms. The third-order valence-electron chi connectivity index (χ3n) is 4.23. The van der Waals surface area contributed by atoms with E-state index in [-0.39, 0.29) is 17.5 Å². The van der Waals surface area contributed by atoms with Crippen LogP contribution in [0.5, 0.6) is 0 Å². The maximum Gasteiger partial charge on any atom is 0.416 e. The lowest BCUT2D eigenvalue weighted by molar-refractivity contribution is -0.137. The highest BCUT2D eigenvalue weighted by Crippen LogP contribution is 2.29. The molecule has 0 radical (unpaired) electrons. The van der Waals surface area contributed by atoms with Gasteiger partial charge in [-0.05, 0) is 30.2 Å². The van der Waals surface area contributed by atoms with Gasteiger partial charge >= 0.3 is 6.18 Å². The first-order chi connectivity index (χ1) is 11.3. The number of morpholine rings is 1. The molecule has 0 saturated carbocycles. The maximum atomic E-state index is 12.6. The summed E-state index contributed by atoms with van der Waals surface area (Å²) in [5.41, 5.74) is -0.528. The molecule has 1 aromatic rings. The second-order valence-corrected chi connectivity index (χ2v) is 6.24. The number of carbonyl (C=O) groups is 1. The van der Waals surface area contributed by atoms with E-state index in [1.54, 1.807) is 0 Å². The van der Waals surface area contributed by atoms with Gasteiger partial charge in [0.25, 0.3) is 5.91 Å². The van der Waals surface area contributed by atoms with E-state index < -0.39 is 11.7 Å². The highest BCUT2D eigenvalue weighted by molar-refractivity contribution is 5.94. The summed E-state index contributed by atoms with van der Waals surface area (Å²) in [5, 5.41) is 2.83. The second-order valence-electron chi connectivity index (χ2n) is 6.24. The standard InChI is InChI=1S/C17H23F3N2O2/c1-12(2)15(22-7-9-24-10-8-22)11-21-16(23)13-3-5-14(6-4-13)17(18,19)20/h3-6,12,15H,7-11H2,1-2H3,(H,21,23). The van der Waals surface area contributed by atoms with Crippen molar-refractivity contribution in [1.82, 2.24) is 10.2 Å². The summed E-state index contributed by atoms with van der Waals surface area (Å²) in [6, 6.07) is 4.44. The normalized spacial score (nSPS) is 17.8. The van der Waals surface area contributed by atoms with Crippen molar-refractivity contribution in [2.24, 2.45) is 5.92 Å². The SMILES string of the molecule is CC(C)C(CNC(=O)c1ccc(C(F)(F)F)cc1)N1CCOCC1. The Morgan fingerprint density at radius 2 is 1.79 bits per heavy atom. The van der Waals surface area contributed by atoms with Crippen LogP contribution in [0.1, 0.15) is 29.8 Å². The minimum atomic E-state index is -4.39. The van der Waals surface area contributed by atoms with E-state index in [4.69, 9.17) is 4.74 Å². The zero-order valence-electron chi connectivity index (χ0n) is 13.9. The number of alkyl halides is 3. The van der Waals surface area contributed by atoms with Crippen molar-refractivity contribution in [3.05, 3.63) is 35.4 Å². The van der Waals surface area contributed by atoms with Gasteiger partial charge in [0.2, 0.25) is 0 Å². The van der Waals surface area contributed by atoms with E-state index in [1.165, 1.54) is 12.1 Å². The summed E-state index contributed by atoms with van der Waals surface area (Å²) in [7, 11) is 0. The highest BCUT2D eigenvalue weighted by atomic mass is 19.4. The van der Waals surface area contributed by atoms with E-state index in [0.29, 0.717) is 25.7 Å². The molecule has 1 fully saturated rings. The third kappa shape index (κ3) is 4.95. The van der Waals surface area contributed by atoms with E-state index in [1.807, 2.05) is 0 Å². The van der Waals surface area contributed by atoms with E-state index in [9.17, 15) is 18.0 Å². The molecule has 0 bridgehead atoms. The Morgan fingerprint density at radius 3 is 2.29 bits per heavy atom. The first-order valence-electron chi connectivity index (χ1n) is 8.06. The Kier molecular flexibility index (Phi) is 6.23. The number of nitrogens with one attached hydrogen (secondary N) is 1. The lowest BCUT2D eigenvalue weighted by Gasteiger charge is -2.36. The largest absolute Gasteiger partial charge is 0.416 e. The van der Waals surface area contributed by atoms with Crippen LogP contribution in [0.15, 0.2) is 24.3 Å². The average molecular weight is 344 g/mol. The van der Waals surface area contributed by atoms with Crippen LogP contribution in [0.4, 0.5) is 13.2 Å². The predicted octanol–water partition coefficient (Wildman–Crippen LogP) is 2.79. The monoisotopic (exact) mass is 344 g/mol. The van der Waals surface area contributed by atoms with E-state index in [0.717, 1.165) is 25.2 Å². The minimum absolute atomic E-state index is 0.173. The molecule has 24 heavy (non-hydrogen) atoms. The Labute approximate surface area is 140 Å². The van der Waals surface area contributed by atoms with Crippen molar-refractivity contribution < 1.29 is 22.7 Å². The van der Waals surface area contributed by atoms with Crippen LogP contribution < -0.4 is 5.32 Å². The number of nitrogens with zero attached hydrogens (tertiary/aromatic N) is 1. The van der Waals surface area contributed by atoms with Crippen molar-refractivity contribution in [1.29, 1.82) is 0 Å². The lowest BCUT2D eigenvalue weighted by atomic mass is 10.0. The molecule has 1 amide bonds. The van der Waals surface area contributed by atoms with Crippen molar-refractivity contribution in [2.75, 3.05) is 32.8 Å². The molecule has 1 N–H and O–H groups in total. The number of ether oxygens (including phenoxy) is 1. The van der Waals surface area contributed by atoms with Gasteiger partial charge in [0.15, 0.2) is 0 Å². The van der Waals surface area contributed by atoms with Gasteiger partial charge in [0, 0.05) is 31.2 Å². The molecule has 1 unspecified atom stereocenters. The zero-order chi connectivity index (χ0) is 17.7. The fourth-order valence-corrected chi connectivity index (χ4v) is 2.81. The van der Waals surface area contributed by atoms with Crippen LogP contribution in [0.25, 0.3) is 0 Å². The molecule has 0 aliphatic carbocycles. The molecule has 1 heterocycles. The lowest BCUT2D eigenvalue weighted by Crippen LogP contribution is -2.51. The van der Waals surface area contributed by atoms with Gasteiger partial charge in [-0.1, -0.05) is 13.8 Å². The van der Waals surface area contributed by atoms with Crippen LogP contribution in [-0.4, -0.2) is 49.7 Å². The topological polar surface area (TPSA) is 41.6 Å². The number of benzene rings is 1. The molecule has 4 nitrogen and oxygen atoms in total. The average Bonchev–Trinajstić information content (AvgIpc) is 2.55. The van der Waals surface area contributed by atoms with Crippen LogP contribution >= 0.6 is 0 Å². The molecule has 0 spiro atoms. The second kappa shape index (κ2) is 7.98. The van der Waals surface area contributed by atoms with Crippen molar-refractivity contribution in [3.63, 3.8) is 0 Å². The van der Waals surface area contributed by atoms with Gasteiger partial charge in [-0.25, -0.2) is 0 Å². The Balaban J connectivity index is 1.95. The molecule has 1 aliphatic rings. The predicted molar refractivity (Wildman–Crippen MR) is 84.8 cm³/mol. The third-order valence-corrected chi connectivity index (χ3v) is 4.23. The fraction of sp³-hybridized carbons (Fsp3) is 0.588. The molecule has 1 atom stereocenters. The summed E-state index contributed by atoms with van der Waals surface area (Å²) in [6.07, 6.45) is -4.39. The van der Waals surface area contributed by atoms with Crippen LogP contribution in [-0.2, 0) is 10.9 Å². The van der Waals surface area contributed by atoms with Gasteiger partial charge in [-0.15, -0.1) is 0 Å². The summed E-state index contributed by atoms with van der Waals surface area (Å²) >= 11 is 0. The smallest absolute Gasteiger partial charge is 0.379 e. The Bertz CT molecular complexity index is 538.